The molecule has 2 aromatic rings. The summed E-state index contributed by atoms with van der Waals surface area (Å²) >= 11 is 1.63. The fraction of sp³-hybridized carbons (Fsp3) is 0.571. The zero-order valence-corrected chi connectivity index (χ0v) is 12.3. The van der Waals surface area contributed by atoms with Crippen LogP contribution < -0.4 is 10.6 Å². The van der Waals surface area contributed by atoms with Crippen LogP contribution in [-0.4, -0.2) is 47.1 Å². The predicted molar refractivity (Wildman–Crippen MR) is 83.3 cm³/mol. The minimum absolute atomic E-state index is 0.390. The molecule has 2 N–H and O–H groups in total. The van der Waals surface area contributed by atoms with Gasteiger partial charge in [-0.05, 0) is 30.8 Å². The Labute approximate surface area is 122 Å². The maximum Gasteiger partial charge on any atom is 0.223 e. The molecule has 106 valence electrons. The van der Waals surface area contributed by atoms with Gasteiger partial charge >= 0.3 is 0 Å². The van der Waals surface area contributed by atoms with E-state index in [1.165, 1.54) is 25.8 Å². The zero-order chi connectivity index (χ0) is 13.5. The van der Waals surface area contributed by atoms with Crippen LogP contribution in [0, 0.1) is 0 Å². The fourth-order valence-corrected chi connectivity index (χ4v) is 4.21. The van der Waals surface area contributed by atoms with Crippen LogP contribution >= 0.6 is 11.3 Å². The Balaban J connectivity index is 1.67. The van der Waals surface area contributed by atoms with Gasteiger partial charge in [-0.2, -0.15) is 4.98 Å². The second kappa shape index (κ2) is 4.86. The molecule has 0 amide bonds. The lowest BCUT2D eigenvalue weighted by molar-refractivity contribution is 0.133. The van der Waals surface area contributed by atoms with Gasteiger partial charge in [-0.25, -0.2) is 4.98 Å². The third-order valence-corrected chi connectivity index (χ3v) is 5.27. The SMILES string of the molecule is Nc1nc(N2CCN3CCCCC3C2)c2ccsc2n1. The van der Waals surface area contributed by atoms with Crippen molar-refractivity contribution in [1.82, 2.24) is 14.9 Å². The summed E-state index contributed by atoms with van der Waals surface area (Å²) in [6.07, 6.45) is 4.02. The number of aromatic nitrogens is 2. The maximum absolute atomic E-state index is 5.87. The molecule has 0 saturated carbocycles. The molecule has 0 spiro atoms. The van der Waals surface area contributed by atoms with E-state index in [0.717, 1.165) is 35.7 Å². The minimum Gasteiger partial charge on any atom is -0.368 e. The molecule has 1 unspecified atom stereocenters. The summed E-state index contributed by atoms with van der Waals surface area (Å²) in [6, 6.07) is 2.80. The maximum atomic E-state index is 5.87. The smallest absolute Gasteiger partial charge is 0.223 e. The third-order valence-electron chi connectivity index (χ3n) is 4.46. The van der Waals surface area contributed by atoms with Crippen molar-refractivity contribution in [3.63, 3.8) is 0 Å². The van der Waals surface area contributed by atoms with Gasteiger partial charge in [0.1, 0.15) is 10.6 Å². The average molecular weight is 289 g/mol. The lowest BCUT2D eigenvalue weighted by atomic mass is 9.99. The molecule has 2 fully saturated rings. The normalized spacial score (nSPS) is 24.0. The molecule has 4 rings (SSSR count). The first-order valence-electron chi connectivity index (χ1n) is 7.31. The van der Waals surface area contributed by atoms with Crippen LogP contribution in [0.5, 0.6) is 0 Å². The topological polar surface area (TPSA) is 58.3 Å². The molecule has 2 aliphatic rings. The van der Waals surface area contributed by atoms with Crippen molar-refractivity contribution in [2.24, 2.45) is 0 Å². The van der Waals surface area contributed by atoms with E-state index in [-0.39, 0.29) is 0 Å². The largest absolute Gasteiger partial charge is 0.368 e. The van der Waals surface area contributed by atoms with E-state index < -0.39 is 0 Å². The number of thiophene rings is 1. The molecule has 2 aliphatic heterocycles. The van der Waals surface area contributed by atoms with Crippen LogP contribution in [0.1, 0.15) is 19.3 Å². The zero-order valence-electron chi connectivity index (χ0n) is 11.5. The van der Waals surface area contributed by atoms with Crippen molar-refractivity contribution in [2.75, 3.05) is 36.8 Å². The molecule has 6 heteroatoms. The fourth-order valence-electron chi connectivity index (χ4n) is 3.45. The number of hydrogen-bond acceptors (Lipinski definition) is 6. The number of nitrogens with two attached hydrogens (primary N) is 1. The molecule has 20 heavy (non-hydrogen) atoms. The summed E-state index contributed by atoms with van der Waals surface area (Å²) in [7, 11) is 0. The molecule has 0 aromatic carbocycles. The van der Waals surface area contributed by atoms with Crippen LogP contribution in [0.3, 0.4) is 0 Å². The lowest BCUT2D eigenvalue weighted by Gasteiger charge is -2.44. The number of nitrogen functional groups attached to an aromatic ring is 1. The average Bonchev–Trinajstić information content (AvgIpc) is 2.94. The predicted octanol–water partition coefficient (Wildman–Crippen LogP) is 1.95. The van der Waals surface area contributed by atoms with Gasteiger partial charge in [-0.1, -0.05) is 6.42 Å². The van der Waals surface area contributed by atoms with Crippen molar-refractivity contribution in [3.05, 3.63) is 11.4 Å². The second-order valence-electron chi connectivity index (χ2n) is 5.68. The van der Waals surface area contributed by atoms with Crippen molar-refractivity contribution in [1.29, 1.82) is 0 Å². The Bertz CT molecular complexity index is 625. The van der Waals surface area contributed by atoms with Crippen molar-refractivity contribution in [2.45, 2.75) is 25.3 Å². The van der Waals surface area contributed by atoms with Crippen molar-refractivity contribution < 1.29 is 0 Å². The summed E-state index contributed by atoms with van der Waals surface area (Å²) in [5.41, 5.74) is 5.87. The highest BCUT2D eigenvalue weighted by molar-refractivity contribution is 7.16. The first kappa shape index (κ1) is 12.3. The van der Waals surface area contributed by atoms with Gasteiger partial charge in [0.2, 0.25) is 5.95 Å². The van der Waals surface area contributed by atoms with E-state index in [2.05, 4.69) is 31.2 Å². The molecule has 1 atom stereocenters. The number of hydrogen-bond donors (Lipinski definition) is 1. The van der Waals surface area contributed by atoms with Crippen LogP contribution in [0.15, 0.2) is 11.4 Å². The van der Waals surface area contributed by atoms with Gasteiger partial charge in [-0.3, -0.25) is 4.90 Å². The van der Waals surface area contributed by atoms with Crippen molar-refractivity contribution in [3.8, 4) is 0 Å². The lowest BCUT2D eigenvalue weighted by Crippen LogP contribution is -2.55. The van der Waals surface area contributed by atoms with E-state index in [1.807, 2.05) is 0 Å². The van der Waals surface area contributed by atoms with Gasteiger partial charge in [0, 0.05) is 25.7 Å². The van der Waals surface area contributed by atoms with Crippen LogP contribution in [-0.2, 0) is 0 Å². The number of anilines is 2. The molecule has 5 nitrogen and oxygen atoms in total. The molecule has 2 saturated heterocycles. The van der Waals surface area contributed by atoms with Gasteiger partial charge < -0.3 is 10.6 Å². The Morgan fingerprint density at radius 1 is 1.20 bits per heavy atom. The molecular weight excluding hydrogens is 270 g/mol. The molecule has 0 bridgehead atoms. The molecular formula is C14H19N5S. The highest BCUT2D eigenvalue weighted by atomic mass is 32.1. The van der Waals surface area contributed by atoms with E-state index in [0.29, 0.717) is 12.0 Å². The summed E-state index contributed by atoms with van der Waals surface area (Å²) in [5.74, 6) is 1.42. The number of nitrogens with zero attached hydrogens (tertiary/aromatic N) is 4. The number of piperidine rings is 1. The van der Waals surface area contributed by atoms with Gasteiger partial charge in [0.15, 0.2) is 0 Å². The van der Waals surface area contributed by atoms with Crippen LogP contribution in [0.4, 0.5) is 11.8 Å². The van der Waals surface area contributed by atoms with E-state index >= 15 is 0 Å². The quantitative estimate of drug-likeness (QED) is 0.869. The monoisotopic (exact) mass is 289 g/mol. The third kappa shape index (κ3) is 2.03. The number of piperazine rings is 1. The summed E-state index contributed by atoms with van der Waals surface area (Å²) in [6.45, 7) is 4.51. The van der Waals surface area contributed by atoms with Gasteiger partial charge in [-0.15, -0.1) is 11.3 Å². The molecule has 4 heterocycles. The molecule has 0 aliphatic carbocycles. The Hall–Kier alpha value is -1.40. The van der Waals surface area contributed by atoms with Gasteiger partial charge in [0.25, 0.3) is 0 Å². The highest BCUT2D eigenvalue weighted by Crippen LogP contribution is 2.31. The number of rotatable bonds is 1. The first-order chi connectivity index (χ1) is 9.81. The summed E-state index contributed by atoms with van der Waals surface area (Å²) in [5, 5.41) is 3.22. The Morgan fingerprint density at radius 3 is 3.10 bits per heavy atom. The van der Waals surface area contributed by atoms with Gasteiger partial charge in [0.05, 0.1) is 5.39 Å². The first-order valence-corrected chi connectivity index (χ1v) is 8.19. The van der Waals surface area contributed by atoms with E-state index in [9.17, 15) is 0 Å². The Kier molecular flexibility index (Phi) is 3.00. The molecule has 2 aromatic heterocycles. The molecule has 0 radical (unpaired) electrons. The van der Waals surface area contributed by atoms with Crippen LogP contribution in [0.2, 0.25) is 0 Å². The highest BCUT2D eigenvalue weighted by Gasteiger charge is 2.30. The minimum atomic E-state index is 0.390. The Morgan fingerprint density at radius 2 is 2.15 bits per heavy atom. The summed E-state index contributed by atoms with van der Waals surface area (Å²) in [4.78, 5) is 14.9. The second-order valence-corrected chi connectivity index (χ2v) is 6.57. The van der Waals surface area contributed by atoms with Crippen LogP contribution in [0.25, 0.3) is 10.2 Å². The van der Waals surface area contributed by atoms with E-state index in [4.69, 9.17) is 5.73 Å². The summed E-state index contributed by atoms with van der Waals surface area (Å²) < 4.78 is 0. The van der Waals surface area contributed by atoms with E-state index in [1.54, 1.807) is 11.3 Å². The van der Waals surface area contributed by atoms with Crippen molar-refractivity contribution >= 4 is 33.3 Å². The number of fused-ring (bicyclic) bond motifs is 2. The standard InChI is InChI=1S/C14H19N5S/c15-14-16-12(11-4-8-20-13(11)17-14)19-7-6-18-5-2-1-3-10(18)9-19/h4,8,10H,1-3,5-7,9H2,(H2,15,16,17).